The average Bonchev–Trinajstić information content (AvgIpc) is 3.32. The summed E-state index contributed by atoms with van der Waals surface area (Å²) in [5.74, 6) is 0.754. The molecule has 0 aliphatic heterocycles. The molecular weight excluding hydrogens is 400 g/mol. The fraction of sp³-hybridized carbons (Fsp3) is 0.0870. The molecule has 1 N–H and O–H groups in total. The minimum absolute atomic E-state index is 0.261. The summed E-state index contributed by atoms with van der Waals surface area (Å²) < 4.78 is 15.6. The fourth-order valence-corrected chi connectivity index (χ4v) is 2.82. The van der Waals surface area contributed by atoms with Crippen LogP contribution in [0.4, 0.5) is 5.69 Å². The molecule has 8 nitrogen and oxygen atoms in total. The van der Waals surface area contributed by atoms with E-state index in [1.165, 1.54) is 32.8 Å². The zero-order valence-corrected chi connectivity index (χ0v) is 16.9. The summed E-state index contributed by atoms with van der Waals surface area (Å²) >= 11 is 0. The molecule has 0 bridgehead atoms. The summed E-state index contributed by atoms with van der Waals surface area (Å²) in [4.78, 5) is 22.3. The quantitative estimate of drug-likeness (QED) is 0.314. The van der Waals surface area contributed by atoms with Gasteiger partial charge < -0.3 is 19.2 Å². The largest absolute Gasteiger partial charge is 0.497 e. The van der Waals surface area contributed by atoms with Gasteiger partial charge in [-0.3, -0.25) is 14.9 Å². The van der Waals surface area contributed by atoms with Crippen LogP contribution in [0.3, 0.4) is 0 Å². The predicted molar refractivity (Wildman–Crippen MR) is 118 cm³/mol. The zero-order chi connectivity index (χ0) is 22.2. The molecule has 0 saturated carbocycles. The van der Waals surface area contributed by atoms with Crippen molar-refractivity contribution in [1.82, 2.24) is 0 Å². The Kier molecular flexibility index (Phi) is 6.85. The van der Waals surface area contributed by atoms with E-state index in [4.69, 9.17) is 13.9 Å². The fourth-order valence-electron chi connectivity index (χ4n) is 2.82. The van der Waals surface area contributed by atoms with Crippen molar-refractivity contribution in [3.05, 3.63) is 93.6 Å². The average molecular weight is 420 g/mol. The Morgan fingerprint density at radius 3 is 2.45 bits per heavy atom. The molecule has 3 aromatic rings. The summed E-state index contributed by atoms with van der Waals surface area (Å²) in [6, 6.07) is 12.2. The number of carbonyl (C=O) groups excluding carboxylic acids is 1. The van der Waals surface area contributed by atoms with Gasteiger partial charge >= 0.3 is 0 Å². The summed E-state index contributed by atoms with van der Waals surface area (Å²) in [6.07, 6.45) is 8.71. The minimum atomic E-state index is -0.534. The van der Waals surface area contributed by atoms with Crippen molar-refractivity contribution in [2.45, 2.75) is 0 Å². The van der Waals surface area contributed by atoms with Gasteiger partial charge in [0.25, 0.3) is 5.91 Å². The molecular formula is C23H20N2O6. The monoisotopic (exact) mass is 420 g/mol. The molecule has 1 heterocycles. The highest BCUT2D eigenvalue weighted by Crippen LogP contribution is 2.31. The number of hydrogen-bond acceptors (Lipinski definition) is 6. The summed E-state index contributed by atoms with van der Waals surface area (Å²) in [6.45, 7) is 0. The van der Waals surface area contributed by atoms with E-state index >= 15 is 0 Å². The number of carbonyl (C=O) groups is 1. The highest BCUT2D eigenvalue weighted by Gasteiger charge is 2.10. The van der Waals surface area contributed by atoms with Crippen LogP contribution in [0.5, 0.6) is 11.5 Å². The number of anilines is 1. The molecule has 0 atom stereocenters. The maximum atomic E-state index is 12.1. The lowest BCUT2D eigenvalue weighted by Crippen LogP contribution is -2.10. The van der Waals surface area contributed by atoms with Crippen LogP contribution in [0, 0.1) is 10.1 Å². The van der Waals surface area contributed by atoms with E-state index in [1.54, 1.807) is 30.3 Å². The van der Waals surface area contributed by atoms with Gasteiger partial charge in [0, 0.05) is 23.4 Å². The Bertz CT molecular complexity index is 1120. The second-order valence-electron chi connectivity index (χ2n) is 6.36. The molecule has 3 rings (SSSR count). The first-order valence-corrected chi connectivity index (χ1v) is 9.19. The Hall–Kier alpha value is -4.33. The Morgan fingerprint density at radius 2 is 1.84 bits per heavy atom. The third kappa shape index (κ3) is 5.60. The van der Waals surface area contributed by atoms with Gasteiger partial charge in [0.1, 0.15) is 17.8 Å². The Morgan fingerprint density at radius 1 is 1.06 bits per heavy atom. The number of nitrogens with one attached hydrogen (secondary N) is 1. The van der Waals surface area contributed by atoms with Crippen molar-refractivity contribution in [3.63, 3.8) is 0 Å². The van der Waals surface area contributed by atoms with Gasteiger partial charge in [0.05, 0.1) is 31.0 Å². The van der Waals surface area contributed by atoms with Crippen LogP contribution in [0.25, 0.3) is 18.2 Å². The molecule has 0 radical (unpaired) electrons. The smallest absolute Gasteiger partial charge is 0.258 e. The normalized spacial score (nSPS) is 11.0. The minimum Gasteiger partial charge on any atom is -0.497 e. The molecule has 0 saturated heterocycles. The van der Waals surface area contributed by atoms with Crippen molar-refractivity contribution < 1.29 is 23.6 Å². The first-order chi connectivity index (χ1) is 15.0. The molecule has 8 heteroatoms. The second-order valence-corrected chi connectivity index (χ2v) is 6.36. The summed E-state index contributed by atoms with van der Waals surface area (Å²) in [7, 11) is 3.02. The van der Waals surface area contributed by atoms with Crippen molar-refractivity contribution in [2.24, 2.45) is 0 Å². The number of nitrogens with zero attached hydrogens (tertiary/aromatic N) is 1. The van der Waals surface area contributed by atoms with Gasteiger partial charge in [-0.2, -0.15) is 0 Å². The molecule has 1 aromatic heterocycles. The van der Waals surface area contributed by atoms with Crippen LogP contribution in [0.2, 0.25) is 0 Å². The Labute approximate surface area is 178 Å². The van der Waals surface area contributed by atoms with Crippen molar-refractivity contribution in [1.29, 1.82) is 0 Å². The van der Waals surface area contributed by atoms with Crippen molar-refractivity contribution >= 4 is 29.8 Å². The topological polar surface area (TPSA) is 104 Å². The van der Waals surface area contributed by atoms with E-state index in [9.17, 15) is 14.9 Å². The molecule has 158 valence electrons. The van der Waals surface area contributed by atoms with Crippen LogP contribution >= 0.6 is 0 Å². The van der Waals surface area contributed by atoms with E-state index in [0.29, 0.717) is 33.9 Å². The van der Waals surface area contributed by atoms with Crippen molar-refractivity contribution in [2.75, 3.05) is 19.5 Å². The SMILES string of the molecule is COc1cc(/C=C/c2ccc(NC(=O)c3ccoc3)cc2)c(/C=C/[N+](=O)[O-])c(OC)c1. The van der Waals surface area contributed by atoms with Gasteiger partial charge in [-0.05, 0) is 35.4 Å². The highest BCUT2D eigenvalue weighted by molar-refractivity contribution is 6.04. The summed E-state index contributed by atoms with van der Waals surface area (Å²) in [5.41, 5.74) is 3.19. The number of ether oxygens (including phenoxy) is 2. The van der Waals surface area contributed by atoms with Gasteiger partial charge in [-0.25, -0.2) is 0 Å². The number of furan rings is 1. The lowest BCUT2D eigenvalue weighted by atomic mass is 10.0. The number of amides is 1. The van der Waals surface area contributed by atoms with Gasteiger partial charge in [0.2, 0.25) is 6.20 Å². The van der Waals surface area contributed by atoms with Crippen LogP contribution in [0.1, 0.15) is 27.0 Å². The lowest BCUT2D eigenvalue weighted by molar-refractivity contribution is -0.400. The molecule has 0 aliphatic rings. The van der Waals surface area contributed by atoms with Crippen LogP contribution in [-0.2, 0) is 0 Å². The van der Waals surface area contributed by atoms with Crippen LogP contribution < -0.4 is 14.8 Å². The highest BCUT2D eigenvalue weighted by atomic mass is 16.6. The van der Waals surface area contributed by atoms with Crippen LogP contribution in [0.15, 0.2) is 65.6 Å². The van der Waals surface area contributed by atoms with E-state index < -0.39 is 4.92 Å². The van der Waals surface area contributed by atoms with E-state index in [0.717, 1.165) is 11.8 Å². The molecule has 0 unspecified atom stereocenters. The maximum Gasteiger partial charge on any atom is 0.258 e. The number of rotatable bonds is 8. The van der Waals surface area contributed by atoms with Crippen molar-refractivity contribution in [3.8, 4) is 11.5 Å². The van der Waals surface area contributed by atoms with E-state index in [-0.39, 0.29) is 5.91 Å². The number of methoxy groups -OCH3 is 2. The molecule has 1 amide bonds. The lowest BCUT2D eigenvalue weighted by Gasteiger charge is -2.11. The number of benzene rings is 2. The molecule has 0 spiro atoms. The predicted octanol–water partition coefficient (Wildman–Crippen LogP) is 4.97. The van der Waals surface area contributed by atoms with E-state index in [2.05, 4.69) is 5.32 Å². The van der Waals surface area contributed by atoms with E-state index in [1.807, 2.05) is 24.3 Å². The summed E-state index contributed by atoms with van der Waals surface area (Å²) in [5, 5.41) is 13.6. The third-order valence-corrected chi connectivity index (χ3v) is 4.37. The Balaban J connectivity index is 1.83. The van der Waals surface area contributed by atoms with Gasteiger partial charge in [0.15, 0.2) is 0 Å². The number of hydrogen-bond donors (Lipinski definition) is 1. The first kappa shape index (κ1) is 21.4. The zero-order valence-electron chi connectivity index (χ0n) is 16.9. The standard InChI is InChI=1S/C23H20N2O6/c1-29-20-13-17(21(9-11-25(27)28)22(14-20)30-2)6-3-16-4-7-19(8-5-16)24-23(26)18-10-12-31-15-18/h3-15H,1-2H3,(H,24,26)/b6-3+,11-9+. The second kappa shape index (κ2) is 9.93. The maximum absolute atomic E-state index is 12.1. The first-order valence-electron chi connectivity index (χ1n) is 9.19. The molecule has 0 aliphatic carbocycles. The molecule has 0 fully saturated rings. The van der Waals surface area contributed by atoms with Gasteiger partial charge in [-0.1, -0.05) is 24.3 Å². The molecule has 2 aromatic carbocycles. The number of nitro groups is 1. The molecule has 31 heavy (non-hydrogen) atoms. The third-order valence-electron chi connectivity index (χ3n) is 4.37. The van der Waals surface area contributed by atoms with Gasteiger partial charge in [-0.15, -0.1) is 0 Å². The van der Waals surface area contributed by atoms with Crippen LogP contribution in [-0.4, -0.2) is 25.1 Å².